The van der Waals surface area contributed by atoms with Gasteiger partial charge in [0.1, 0.15) is 5.82 Å². The van der Waals surface area contributed by atoms with E-state index in [0.29, 0.717) is 5.92 Å². The smallest absolute Gasteiger partial charge is 0.230 e. The van der Waals surface area contributed by atoms with Gasteiger partial charge in [-0.15, -0.1) is 0 Å². The summed E-state index contributed by atoms with van der Waals surface area (Å²) in [6, 6.07) is 6.63. The molecule has 1 aliphatic heterocycles. The SMILES string of the molecule is O=C(NCCC1CCNC1)C1(c2cccc(F)c2)CCCCC1. The third-order valence-corrected chi connectivity index (χ3v) is 5.52. The van der Waals surface area contributed by atoms with Crippen molar-refractivity contribution >= 4 is 5.91 Å². The van der Waals surface area contributed by atoms with Gasteiger partial charge in [0.25, 0.3) is 0 Å². The van der Waals surface area contributed by atoms with Crippen molar-refractivity contribution in [3.8, 4) is 0 Å². The van der Waals surface area contributed by atoms with Gasteiger partial charge in [-0.05, 0) is 62.4 Å². The fourth-order valence-electron chi connectivity index (χ4n) is 4.11. The minimum absolute atomic E-state index is 0.0914. The number of hydrogen-bond acceptors (Lipinski definition) is 2. The fraction of sp³-hybridized carbons (Fsp3) is 0.632. The average molecular weight is 318 g/mol. The lowest BCUT2D eigenvalue weighted by atomic mass is 9.68. The Morgan fingerprint density at radius 2 is 2.13 bits per heavy atom. The van der Waals surface area contributed by atoms with Crippen LogP contribution in [0.5, 0.6) is 0 Å². The molecule has 1 atom stereocenters. The van der Waals surface area contributed by atoms with E-state index in [1.54, 1.807) is 12.1 Å². The second-order valence-electron chi connectivity index (χ2n) is 7.06. The van der Waals surface area contributed by atoms with Crippen LogP contribution >= 0.6 is 0 Å². The van der Waals surface area contributed by atoms with Crippen molar-refractivity contribution in [1.29, 1.82) is 0 Å². The lowest BCUT2D eigenvalue weighted by Crippen LogP contribution is -2.46. The highest BCUT2D eigenvalue weighted by atomic mass is 19.1. The number of hydrogen-bond donors (Lipinski definition) is 2. The number of amides is 1. The molecule has 0 bridgehead atoms. The number of halogens is 1. The first-order valence-corrected chi connectivity index (χ1v) is 8.96. The molecule has 1 aliphatic carbocycles. The van der Waals surface area contributed by atoms with Crippen LogP contribution in [-0.2, 0) is 10.2 Å². The van der Waals surface area contributed by atoms with Crippen molar-refractivity contribution in [2.45, 2.75) is 50.4 Å². The zero-order chi connectivity index (χ0) is 16.1. The summed E-state index contributed by atoms with van der Waals surface area (Å²) in [7, 11) is 0. The van der Waals surface area contributed by atoms with Crippen LogP contribution in [0.3, 0.4) is 0 Å². The van der Waals surface area contributed by atoms with Crippen molar-refractivity contribution < 1.29 is 9.18 Å². The molecule has 1 amide bonds. The Morgan fingerprint density at radius 3 is 2.83 bits per heavy atom. The fourth-order valence-corrected chi connectivity index (χ4v) is 4.11. The monoisotopic (exact) mass is 318 g/mol. The van der Waals surface area contributed by atoms with Gasteiger partial charge in [-0.1, -0.05) is 31.4 Å². The Kier molecular flexibility index (Phi) is 5.31. The first kappa shape index (κ1) is 16.4. The van der Waals surface area contributed by atoms with Crippen LogP contribution in [0.4, 0.5) is 4.39 Å². The average Bonchev–Trinajstić information content (AvgIpc) is 3.09. The maximum Gasteiger partial charge on any atom is 0.230 e. The van der Waals surface area contributed by atoms with Crippen LogP contribution < -0.4 is 10.6 Å². The molecule has 2 aliphatic rings. The first-order chi connectivity index (χ1) is 11.2. The third-order valence-electron chi connectivity index (χ3n) is 5.52. The molecule has 1 saturated heterocycles. The Hall–Kier alpha value is -1.42. The lowest BCUT2D eigenvalue weighted by molar-refractivity contribution is -0.128. The summed E-state index contributed by atoms with van der Waals surface area (Å²) in [6.45, 7) is 2.87. The van der Waals surface area contributed by atoms with E-state index in [0.717, 1.165) is 63.7 Å². The maximum absolute atomic E-state index is 13.7. The molecule has 0 aromatic heterocycles. The van der Waals surface area contributed by atoms with E-state index in [4.69, 9.17) is 0 Å². The largest absolute Gasteiger partial charge is 0.355 e. The normalized spacial score (nSPS) is 23.6. The highest BCUT2D eigenvalue weighted by molar-refractivity contribution is 5.88. The van der Waals surface area contributed by atoms with Crippen LogP contribution in [0.2, 0.25) is 0 Å². The first-order valence-electron chi connectivity index (χ1n) is 8.96. The molecule has 4 heteroatoms. The highest BCUT2D eigenvalue weighted by Gasteiger charge is 2.41. The van der Waals surface area contributed by atoms with Gasteiger partial charge in [0.2, 0.25) is 5.91 Å². The predicted molar refractivity (Wildman–Crippen MR) is 89.8 cm³/mol. The van der Waals surface area contributed by atoms with Crippen LogP contribution in [0.1, 0.15) is 50.5 Å². The maximum atomic E-state index is 13.7. The number of rotatable bonds is 5. The van der Waals surface area contributed by atoms with Gasteiger partial charge in [0, 0.05) is 6.54 Å². The summed E-state index contributed by atoms with van der Waals surface area (Å²) in [6.07, 6.45) is 7.12. The zero-order valence-corrected chi connectivity index (χ0v) is 13.7. The molecular weight excluding hydrogens is 291 g/mol. The van der Waals surface area contributed by atoms with Crippen molar-refractivity contribution in [3.05, 3.63) is 35.6 Å². The van der Waals surface area contributed by atoms with Crippen molar-refractivity contribution in [1.82, 2.24) is 10.6 Å². The van der Waals surface area contributed by atoms with Crippen molar-refractivity contribution in [2.24, 2.45) is 5.92 Å². The summed E-state index contributed by atoms with van der Waals surface area (Å²) >= 11 is 0. The van der Waals surface area contributed by atoms with E-state index in [-0.39, 0.29) is 11.7 Å². The van der Waals surface area contributed by atoms with E-state index in [1.165, 1.54) is 12.5 Å². The van der Waals surface area contributed by atoms with E-state index < -0.39 is 5.41 Å². The van der Waals surface area contributed by atoms with E-state index in [1.807, 2.05) is 6.07 Å². The number of benzene rings is 1. The Labute approximate surface area is 138 Å². The molecule has 2 N–H and O–H groups in total. The van der Waals surface area contributed by atoms with E-state index in [2.05, 4.69) is 10.6 Å². The highest BCUT2D eigenvalue weighted by Crippen LogP contribution is 2.40. The summed E-state index contributed by atoms with van der Waals surface area (Å²) < 4.78 is 13.7. The minimum Gasteiger partial charge on any atom is -0.355 e. The zero-order valence-electron chi connectivity index (χ0n) is 13.7. The molecule has 23 heavy (non-hydrogen) atoms. The molecule has 3 nitrogen and oxygen atoms in total. The molecule has 0 spiro atoms. The second kappa shape index (κ2) is 7.43. The quantitative estimate of drug-likeness (QED) is 0.876. The molecule has 3 rings (SSSR count). The Balaban J connectivity index is 1.68. The molecular formula is C19H27FN2O. The lowest BCUT2D eigenvalue weighted by Gasteiger charge is -2.36. The molecule has 1 aromatic rings. The van der Waals surface area contributed by atoms with Gasteiger partial charge >= 0.3 is 0 Å². The number of carbonyl (C=O) groups excluding carboxylic acids is 1. The van der Waals surface area contributed by atoms with Crippen LogP contribution in [0.25, 0.3) is 0 Å². The standard InChI is InChI=1S/C19H27FN2O/c20-17-6-4-5-16(13-17)19(9-2-1-3-10-19)18(23)22-12-8-15-7-11-21-14-15/h4-6,13,15,21H,1-3,7-12,14H2,(H,22,23). The second-order valence-corrected chi connectivity index (χ2v) is 7.06. The summed E-state index contributed by atoms with van der Waals surface area (Å²) in [5.74, 6) is 0.512. The molecule has 2 fully saturated rings. The van der Waals surface area contributed by atoms with Crippen LogP contribution in [0.15, 0.2) is 24.3 Å². The molecule has 1 unspecified atom stereocenters. The minimum atomic E-state index is -0.533. The van der Waals surface area contributed by atoms with E-state index >= 15 is 0 Å². The molecule has 1 saturated carbocycles. The Morgan fingerprint density at radius 1 is 1.30 bits per heavy atom. The molecule has 1 aromatic carbocycles. The van der Waals surface area contributed by atoms with Gasteiger partial charge in [-0.2, -0.15) is 0 Å². The van der Waals surface area contributed by atoms with Gasteiger partial charge in [0.05, 0.1) is 5.41 Å². The van der Waals surface area contributed by atoms with Gasteiger partial charge in [-0.25, -0.2) is 4.39 Å². The molecule has 1 heterocycles. The van der Waals surface area contributed by atoms with Gasteiger partial charge in [0.15, 0.2) is 0 Å². The Bertz CT molecular complexity index is 534. The molecule has 126 valence electrons. The third kappa shape index (κ3) is 3.74. The summed E-state index contributed by atoms with van der Waals surface area (Å²) in [4.78, 5) is 13.0. The van der Waals surface area contributed by atoms with Crippen molar-refractivity contribution in [3.63, 3.8) is 0 Å². The summed E-state index contributed by atoms with van der Waals surface area (Å²) in [5, 5.41) is 6.51. The number of carbonyl (C=O) groups is 1. The predicted octanol–water partition coefficient (Wildman–Crippen LogP) is 3.14. The van der Waals surface area contributed by atoms with Gasteiger partial charge in [-0.3, -0.25) is 4.79 Å². The van der Waals surface area contributed by atoms with Crippen molar-refractivity contribution in [2.75, 3.05) is 19.6 Å². The topological polar surface area (TPSA) is 41.1 Å². The summed E-state index contributed by atoms with van der Waals surface area (Å²) in [5.41, 5.74) is 0.311. The van der Waals surface area contributed by atoms with Crippen LogP contribution in [-0.4, -0.2) is 25.5 Å². The number of nitrogens with one attached hydrogen (secondary N) is 2. The van der Waals surface area contributed by atoms with Gasteiger partial charge < -0.3 is 10.6 Å². The van der Waals surface area contributed by atoms with Crippen LogP contribution in [0, 0.1) is 11.7 Å². The molecule has 0 radical (unpaired) electrons. The van der Waals surface area contributed by atoms with E-state index in [9.17, 15) is 9.18 Å².